The summed E-state index contributed by atoms with van der Waals surface area (Å²) in [6.45, 7) is 2.11. The smallest absolute Gasteiger partial charge is 0.268 e. The number of rotatable bonds is 4. The van der Waals surface area contributed by atoms with Gasteiger partial charge in [0.1, 0.15) is 12.3 Å². The molecule has 0 aliphatic carbocycles. The normalized spacial score (nSPS) is 16.5. The van der Waals surface area contributed by atoms with E-state index in [2.05, 4.69) is 5.32 Å². The van der Waals surface area contributed by atoms with Gasteiger partial charge in [-0.05, 0) is 24.6 Å². The molecule has 1 aliphatic rings. The van der Waals surface area contributed by atoms with Crippen molar-refractivity contribution in [1.82, 2.24) is 5.32 Å². The first kappa shape index (κ1) is 15.1. The molecule has 0 unspecified atom stereocenters. The van der Waals surface area contributed by atoms with Gasteiger partial charge in [-0.1, -0.05) is 42.5 Å². The monoisotopic (exact) mass is 310 g/mol. The Kier molecular flexibility index (Phi) is 4.28. The van der Waals surface area contributed by atoms with E-state index in [1.807, 2.05) is 42.5 Å². The highest BCUT2D eigenvalue weighted by Gasteiger charge is 2.32. The van der Waals surface area contributed by atoms with Crippen molar-refractivity contribution < 1.29 is 14.3 Å². The summed E-state index contributed by atoms with van der Waals surface area (Å²) in [5.74, 6) is 0.208. The third-order valence-corrected chi connectivity index (χ3v) is 3.71. The van der Waals surface area contributed by atoms with Crippen LogP contribution in [0.2, 0.25) is 0 Å². The molecule has 1 aliphatic heterocycles. The van der Waals surface area contributed by atoms with Crippen LogP contribution in [0.25, 0.3) is 0 Å². The number of nitrogens with one attached hydrogen (secondary N) is 1. The van der Waals surface area contributed by atoms with Crippen molar-refractivity contribution >= 4 is 17.5 Å². The Morgan fingerprint density at radius 1 is 1.13 bits per heavy atom. The van der Waals surface area contributed by atoms with Crippen molar-refractivity contribution in [3.63, 3.8) is 0 Å². The Hall–Kier alpha value is -2.82. The quantitative estimate of drug-likeness (QED) is 0.941. The molecule has 0 radical (unpaired) electrons. The zero-order chi connectivity index (χ0) is 16.2. The van der Waals surface area contributed by atoms with Gasteiger partial charge in [-0.2, -0.15) is 0 Å². The van der Waals surface area contributed by atoms with Crippen LogP contribution in [0.3, 0.4) is 0 Å². The van der Waals surface area contributed by atoms with Gasteiger partial charge in [0.2, 0.25) is 5.91 Å². The lowest BCUT2D eigenvalue weighted by molar-refractivity contribution is -0.128. The largest absolute Gasteiger partial charge is 0.479 e. The third-order valence-electron chi connectivity index (χ3n) is 3.71. The van der Waals surface area contributed by atoms with E-state index in [-0.39, 0.29) is 18.4 Å². The molecule has 0 spiro atoms. The maximum absolute atomic E-state index is 12.3. The van der Waals surface area contributed by atoms with Gasteiger partial charge in [-0.25, -0.2) is 0 Å². The molecule has 118 valence electrons. The van der Waals surface area contributed by atoms with Crippen molar-refractivity contribution in [3.8, 4) is 5.75 Å². The average molecular weight is 310 g/mol. The second-order valence-electron chi connectivity index (χ2n) is 5.41. The maximum atomic E-state index is 12.3. The summed E-state index contributed by atoms with van der Waals surface area (Å²) in [5.41, 5.74) is 1.65. The van der Waals surface area contributed by atoms with Gasteiger partial charge in [-0.3, -0.25) is 14.5 Å². The maximum Gasteiger partial charge on any atom is 0.268 e. The highest BCUT2D eigenvalue weighted by atomic mass is 16.5. The molecule has 0 fully saturated rings. The standard InChI is InChI=1S/C18H18N2O3/c1-13-18(22)20(15-9-5-6-10-16(15)23-13)12-17(21)19-11-14-7-3-2-4-8-14/h2-10,13H,11-12H2,1H3,(H,19,21)/t13-/m0/s1. The first-order valence-corrected chi connectivity index (χ1v) is 7.53. The predicted molar refractivity (Wildman–Crippen MR) is 87.2 cm³/mol. The topological polar surface area (TPSA) is 58.6 Å². The molecule has 0 bridgehead atoms. The lowest BCUT2D eigenvalue weighted by Gasteiger charge is -2.32. The molecular formula is C18H18N2O3. The van der Waals surface area contributed by atoms with E-state index in [4.69, 9.17) is 4.74 Å². The summed E-state index contributed by atoms with van der Waals surface area (Å²) >= 11 is 0. The molecule has 2 amide bonds. The number of anilines is 1. The molecule has 23 heavy (non-hydrogen) atoms. The molecular weight excluding hydrogens is 292 g/mol. The van der Waals surface area contributed by atoms with Crippen LogP contribution in [-0.4, -0.2) is 24.5 Å². The van der Waals surface area contributed by atoms with E-state index in [1.54, 1.807) is 19.1 Å². The average Bonchev–Trinajstić information content (AvgIpc) is 2.58. The molecule has 5 heteroatoms. The number of hydrogen-bond acceptors (Lipinski definition) is 3. The van der Waals surface area contributed by atoms with Crippen LogP contribution in [0.4, 0.5) is 5.69 Å². The van der Waals surface area contributed by atoms with Crippen LogP contribution in [0.1, 0.15) is 12.5 Å². The summed E-state index contributed by atoms with van der Waals surface area (Å²) in [6.07, 6.45) is -0.591. The Morgan fingerprint density at radius 3 is 2.61 bits per heavy atom. The minimum absolute atomic E-state index is 0.0175. The lowest BCUT2D eigenvalue weighted by atomic mass is 10.2. The third kappa shape index (κ3) is 3.34. The van der Waals surface area contributed by atoms with E-state index in [0.29, 0.717) is 18.0 Å². The number of hydrogen-bond donors (Lipinski definition) is 1. The zero-order valence-corrected chi connectivity index (χ0v) is 12.9. The van der Waals surface area contributed by atoms with Crippen LogP contribution < -0.4 is 15.0 Å². The fourth-order valence-electron chi connectivity index (χ4n) is 2.52. The Bertz CT molecular complexity index is 715. The van der Waals surface area contributed by atoms with Crippen LogP contribution >= 0.6 is 0 Å². The van der Waals surface area contributed by atoms with Crippen molar-refractivity contribution in [2.75, 3.05) is 11.4 Å². The van der Waals surface area contributed by atoms with Gasteiger partial charge in [0.25, 0.3) is 5.91 Å². The number of carbonyl (C=O) groups is 2. The molecule has 2 aromatic rings. The Morgan fingerprint density at radius 2 is 1.83 bits per heavy atom. The van der Waals surface area contributed by atoms with Crippen LogP contribution in [-0.2, 0) is 16.1 Å². The number of para-hydroxylation sites is 2. The highest BCUT2D eigenvalue weighted by molar-refractivity contribution is 6.03. The van der Waals surface area contributed by atoms with E-state index in [1.165, 1.54) is 4.90 Å². The van der Waals surface area contributed by atoms with Crippen LogP contribution in [0.15, 0.2) is 54.6 Å². The number of fused-ring (bicyclic) bond motifs is 1. The predicted octanol–water partition coefficient (Wildman–Crippen LogP) is 2.12. The molecule has 5 nitrogen and oxygen atoms in total. The van der Waals surface area contributed by atoms with Gasteiger partial charge in [0.15, 0.2) is 6.10 Å². The van der Waals surface area contributed by atoms with Crippen molar-refractivity contribution in [2.45, 2.75) is 19.6 Å². The fraction of sp³-hybridized carbons (Fsp3) is 0.222. The number of ether oxygens (including phenoxy) is 1. The Labute approximate surface area is 134 Å². The molecule has 1 atom stereocenters. The molecule has 0 aromatic heterocycles. The molecule has 2 aromatic carbocycles. The van der Waals surface area contributed by atoms with E-state index < -0.39 is 6.10 Å². The summed E-state index contributed by atoms with van der Waals surface area (Å²) in [5, 5.41) is 2.84. The molecule has 3 rings (SSSR count). The fourth-order valence-corrected chi connectivity index (χ4v) is 2.52. The van der Waals surface area contributed by atoms with Gasteiger partial charge < -0.3 is 10.1 Å². The number of carbonyl (C=O) groups excluding carboxylic acids is 2. The van der Waals surface area contributed by atoms with Crippen LogP contribution in [0, 0.1) is 0 Å². The lowest BCUT2D eigenvalue weighted by Crippen LogP contribution is -2.48. The summed E-state index contributed by atoms with van der Waals surface area (Å²) < 4.78 is 5.56. The number of benzene rings is 2. The SMILES string of the molecule is C[C@@H]1Oc2ccccc2N(CC(=O)NCc2ccccc2)C1=O. The second kappa shape index (κ2) is 6.52. The van der Waals surface area contributed by atoms with Gasteiger partial charge >= 0.3 is 0 Å². The first-order chi connectivity index (χ1) is 11.1. The van der Waals surface area contributed by atoms with Crippen molar-refractivity contribution in [2.24, 2.45) is 0 Å². The minimum Gasteiger partial charge on any atom is -0.479 e. The van der Waals surface area contributed by atoms with Gasteiger partial charge in [0, 0.05) is 6.54 Å². The summed E-state index contributed by atoms with van der Waals surface area (Å²) in [6, 6.07) is 16.9. The van der Waals surface area contributed by atoms with E-state index in [9.17, 15) is 9.59 Å². The summed E-state index contributed by atoms with van der Waals surface area (Å²) in [7, 11) is 0. The molecule has 0 saturated carbocycles. The van der Waals surface area contributed by atoms with Crippen molar-refractivity contribution in [1.29, 1.82) is 0 Å². The van der Waals surface area contributed by atoms with Crippen LogP contribution in [0.5, 0.6) is 5.75 Å². The molecule has 1 heterocycles. The number of amides is 2. The molecule has 0 saturated heterocycles. The van der Waals surface area contributed by atoms with E-state index >= 15 is 0 Å². The zero-order valence-electron chi connectivity index (χ0n) is 12.9. The van der Waals surface area contributed by atoms with Gasteiger partial charge in [0.05, 0.1) is 5.69 Å². The Balaban J connectivity index is 1.69. The van der Waals surface area contributed by atoms with E-state index in [0.717, 1.165) is 5.56 Å². The number of nitrogens with zero attached hydrogens (tertiary/aromatic N) is 1. The van der Waals surface area contributed by atoms with Gasteiger partial charge in [-0.15, -0.1) is 0 Å². The molecule has 1 N–H and O–H groups in total. The minimum atomic E-state index is -0.591. The summed E-state index contributed by atoms with van der Waals surface area (Å²) in [4.78, 5) is 26.0. The second-order valence-corrected chi connectivity index (χ2v) is 5.41. The first-order valence-electron chi connectivity index (χ1n) is 7.53. The van der Waals surface area contributed by atoms with Crippen molar-refractivity contribution in [3.05, 3.63) is 60.2 Å². The highest BCUT2D eigenvalue weighted by Crippen LogP contribution is 2.33.